The molecule has 5 nitrogen and oxygen atoms in total. The lowest BCUT2D eigenvalue weighted by atomic mass is 10.2. The minimum absolute atomic E-state index is 0. The molecule has 0 aliphatic rings. The van der Waals surface area contributed by atoms with Gasteiger partial charge < -0.3 is 20.5 Å². The summed E-state index contributed by atoms with van der Waals surface area (Å²) >= 11 is 0. The van der Waals surface area contributed by atoms with E-state index in [1.807, 2.05) is 43.3 Å². The van der Waals surface area contributed by atoms with E-state index < -0.39 is 0 Å². The number of nitrogens with zero attached hydrogens (tertiary/aromatic N) is 1. The standard InChI is InChI=1S/C20H25N3O2.HI/c1-3-13-25-19-8-6-5-7-17(19)15-23-20(21-4-2)22-14-16-9-11-18(24)12-10-16;/h3,5-12,24H,1,4,13-15H2,2H3,(H2,21,22,23);1H. The molecule has 0 unspecified atom stereocenters. The number of benzene rings is 2. The molecule has 0 aromatic heterocycles. The monoisotopic (exact) mass is 467 g/mol. The summed E-state index contributed by atoms with van der Waals surface area (Å²) in [5.74, 6) is 1.83. The van der Waals surface area contributed by atoms with E-state index in [1.54, 1.807) is 18.2 Å². The van der Waals surface area contributed by atoms with Gasteiger partial charge in [0.25, 0.3) is 0 Å². The van der Waals surface area contributed by atoms with Crippen LogP contribution in [-0.2, 0) is 13.1 Å². The van der Waals surface area contributed by atoms with Crippen LogP contribution in [0.3, 0.4) is 0 Å². The molecule has 0 aliphatic carbocycles. The minimum Gasteiger partial charge on any atom is -0.508 e. The van der Waals surface area contributed by atoms with Gasteiger partial charge in [-0.25, -0.2) is 4.99 Å². The van der Waals surface area contributed by atoms with Gasteiger partial charge in [0, 0.05) is 18.7 Å². The third-order valence-electron chi connectivity index (χ3n) is 3.48. The summed E-state index contributed by atoms with van der Waals surface area (Å²) in [6, 6.07) is 15.0. The number of nitrogens with one attached hydrogen (secondary N) is 2. The van der Waals surface area contributed by atoms with Gasteiger partial charge in [-0.15, -0.1) is 24.0 Å². The van der Waals surface area contributed by atoms with E-state index in [0.717, 1.165) is 29.4 Å². The number of para-hydroxylation sites is 1. The van der Waals surface area contributed by atoms with Crippen LogP contribution in [0.15, 0.2) is 66.2 Å². The van der Waals surface area contributed by atoms with Crippen LogP contribution >= 0.6 is 24.0 Å². The summed E-state index contributed by atoms with van der Waals surface area (Å²) < 4.78 is 5.68. The Balaban J connectivity index is 0.00000338. The van der Waals surface area contributed by atoms with Gasteiger partial charge in [0.2, 0.25) is 0 Å². The number of aromatic hydroxyl groups is 1. The largest absolute Gasteiger partial charge is 0.508 e. The highest BCUT2D eigenvalue weighted by molar-refractivity contribution is 14.0. The van der Waals surface area contributed by atoms with Crippen molar-refractivity contribution in [2.75, 3.05) is 13.2 Å². The molecular formula is C20H26IN3O2. The fourth-order valence-electron chi connectivity index (χ4n) is 2.23. The summed E-state index contributed by atoms with van der Waals surface area (Å²) in [6.45, 7) is 8.09. The number of halogens is 1. The van der Waals surface area contributed by atoms with Gasteiger partial charge in [-0.2, -0.15) is 0 Å². The summed E-state index contributed by atoms with van der Waals surface area (Å²) in [5, 5.41) is 15.9. The Morgan fingerprint density at radius 2 is 1.88 bits per heavy atom. The maximum atomic E-state index is 9.34. The predicted molar refractivity (Wildman–Crippen MR) is 117 cm³/mol. The summed E-state index contributed by atoms with van der Waals surface area (Å²) in [6.07, 6.45) is 1.73. The molecular weight excluding hydrogens is 441 g/mol. The highest BCUT2D eigenvalue weighted by Crippen LogP contribution is 2.17. The molecule has 0 atom stereocenters. The van der Waals surface area contributed by atoms with Crippen molar-refractivity contribution in [2.24, 2.45) is 4.99 Å². The molecule has 3 N–H and O–H groups in total. The molecule has 2 rings (SSSR count). The molecule has 2 aromatic carbocycles. The molecule has 0 radical (unpaired) electrons. The fourth-order valence-corrected chi connectivity index (χ4v) is 2.23. The van der Waals surface area contributed by atoms with E-state index in [2.05, 4.69) is 22.2 Å². The molecule has 0 aliphatic heterocycles. The van der Waals surface area contributed by atoms with Gasteiger partial charge >= 0.3 is 0 Å². The van der Waals surface area contributed by atoms with E-state index in [1.165, 1.54) is 0 Å². The fraction of sp³-hybridized carbons (Fsp3) is 0.250. The first kappa shape index (κ1) is 21.8. The molecule has 0 saturated carbocycles. The van der Waals surface area contributed by atoms with Crippen molar-refractivity contribution in [1.82, 2.24) is 10.6 Å². The van der Waals surface area contributed by atoms with Gasteiger partial charge in [-0.3, -0.25) is 0 Å². The lowest BCUT2D eigenvalue weighted by Gasteiger charge is -2.14. The van der Waals surface area contributed by atoms with E-state index in [0.29, 0.717) is 19.7 Å². The third-order valence-corrected chi connectivity index (χ3v) is 3.48. The zero-order valence-corrected chi connectivity index (χ0v) is 17.3. The number of rotatable bonds is 8. The van der Waals surface area contributed by atoms with Crippen LogP contribution in [-0.4, -0.2) is 24.2 Å². The van der Waals surface area contributed by atoms with Crippen molar-refractivity contribution in [3.63, 3.8) is 0 Å². The van der Waals surface area contributed by atoms with Crippen LogP contribution < -0.4 is 15.4 Å². The summed E-state index contributed by atoms with van der Waals surface area (Å²) in [4.78, 5) is 4.58. The van der Waals surface area contributed by atoms with Gasteiger partial charge in [0.15, 0.2) is 5.96 Å². The van der Waals surface area contributed by atoms with Crippen LogP contribution in [0, 0.1) is 0 Å². The van der Waals surface area contributed by atoms with Crippen LogP contribution in [0.4, 0.5) is 0 Å². The van der Waals surface area contributed by atoms with Crippen LogP contribution in [0.2, 0.25) is 0 Å². The molecule has 0 fully saturated rings. The van der Waals surface area contributed by atoms with Crippen molar-refractivity contribution in [3.05, 3.63) is 72.3 Å². The highest BCUT2D eigenvalue weighted by atomic mass is 127. The Morgan fingerprint density at radius 3 is 2.58 bits per heavy atom. The summed E-state index contributed by atoms with van der Waals surface area (Å²) in [5.41, 5.74) is 2.09. The van der Waals surface area contributed by atoms with Crippen molar-refractivity contribution >= 4 is 29.9 Å². The van der Waals surface area contributed by atoms with Gasteiger partial charge in [-0.1, -0.05) is 43.0 Å². The van der Waals surface area contributed by atoms with Crippen LogP contribution in [0.1, 0.15) is 18.1 Å². The van der Waals surface area contributed by atoms with E-state index >= 15 is 0 Å². The Bertz CT molecular complexity index is 702. The molecule has 140 valence electrons. The second-order valence-corrected chi connectivity index (χ2v) is 5.42. The number of phenolic OH excluding ortho intramolecular Hbond substituents is 1. The molecule has 6 heteroatoms. The van der Waals surface area contributed by atoms with Crippen molar-refractivity contribution in [3.8, 4) is 11.5 Å². The molecule has 0 saturated heterocycles. The molecule has 0 bridgehead atoms. The Hall–Kier alpha value is -2.22. The lowest BCUT2D eigenvalue weighted by molar-refractivity contribution is 0.358. The second kappa shape index (κ2) is 12.2. The number of guanidine groups is 1. The average Bonchev–Trinajstić information content (AvgIpc) is 2.64. The van der Waals surface area contributed by atoms with E-state index in [9.17, 15) is 5.11 Å². The van der Waals surface area contributed by atoms with Crippen molar-refractivity contribution < 1.29 is 9.84 Å². The topological polar surface area (TPSA) is 65.9 Å². The predicted octanol–water partition coefficient (Wildman–Crippen LogP) is 3.83. The number of hydrogen-bond donors (Lipinski definition) is 3. The summed E-state index contributed by atoms with van der Waals surface area (Å²) in [7, 11) is 0. The second-order valence-electron chi connectivity index (χ2n) is 5.42. The van der Waals surface area contributed by atoms with Gasteiger partial charge in [0.1, 0.15) is 18.1 Å². The lowest BCUT2D eigenvalue weighted by Crippen LogP contribution is -2.36. The average molecular weight is 467 g/mol. The van der Waals surface area contributed by atoms with Crippen molar-refractivity contribution in [1.29, 1.82) is 0 Å². The first-order chi connectivity index (χ1) is 12.2. The van der Waals surface area contributed by atoms with Crippen LogP contribution in [0.5, 0.6) is 11.5 Å². The first-order valence-corrected chi connectivity index (χ1v) is 8.34. The third kappa shape index (κ3) is 7.35. The zero-order chi connectivity index (χ0) is 17.9. The zero-order valence-electron chi connectivity index (χ0n) is 14.9. The first-order valence-electron chi connectivity index (χ1n) is 8.34. The van der Waals surface area contributed by atoms with Crippen LogP contribution in [0.25, 0.3) is 0 Å². The molecule has 26 heavy (non-hydrogen) atoms. The Kier molecular flexibility index (Phi) is 10.2. The van der Waals surface area contributed by atoms with E-state index in [-0.39, 0.29) is 29.7 Å². The number of ether oxygens (including phenoxy) is 1. The quantitative estimate of drug-likeness (QED) is 0.239. The molecule has 0 heterocycles. The number of aliphatic imine (C=N–C) groups is 1. The maximum absolute atomic E-state index is 9.34. The van der Waals surface area contributed by atoms with Gasteiger partial charge in [0.05, 0.1) is 6.54 Å². The molecule has 0 amide bonds. The number of phenols is 1. The van der Waals surface area contributed by atoms with Gasteiger partial charge in [-0.05, 0) is 30.7 Å². The van der Waals surface area contributed by atoms with Crippen molar-refractivity contribution in [2.45, 2.75) is 20.0 Å². The minimum atomic E-state index is 0. The van der Waals surface area contributed by atoms with E-state index in [4.69, 9.17) is 4.74 Å². The molecule has 2 aromatic rings. The Labute approximate surface area is 172 Å². The maximum Gasteiger partial charge on any atom is 0.191 e. The smallest absolute Gasteiger partial charge is 0.191 e. The highest BCUT2D eigenvalue weighted by Gasteiger charge is 2.04. The molecule has 0 spiro atoms. The Morgan fingerprint density at radius 1 is 1.15 bits per heavy atom. The SMILES string of the molecule is C=CCOc1ccccc1CNC(=NCc1ccc(O)cc1)NCC.I. The number of hydrogen-bond acceptors (Lipinski definition) is 3. The normalized spacial score (nSPS) is 10.6.